The maximum absolute atomic E-state index is 12.4. The highest BCUT2D eigenvalue weighted by Gasteiger charge is 2.28. The van der Waals surface area contributed by atoms with E-state index in [1.54, 1.807) is 11.0 Å². The van der Waals surface area contributed by atoms with Gasteiger partial charge in [-0.15, -0.1) is 0 Å². The van der Waals surface area contributed by atoms with E-state index in [0.29, 0.717) is 18.8 Å². The Hall–Kier alpha value is -1.94. The molecule has 3 rings (SSSR count). The van der Waals surface area contributed by atoms with Crippen LogP contribution in [0.15, 0.2) is 36.4 Å². The van der Waals surface area contributed by atoms with E-state index in [0.717, 1.165) is 17.3 Å². The van der Waals surface area contributed by atoms with Crippen molar-refractivity contribution in [2.24, 2.45) is 5.92 Å². The van der Waals surface area contributed by atoms with Crippen molar-refractivity contribution >= 4 is 16.8 Å². The highest BCUT2D eigenvalue weighted by atomic mass is 16.3. The summed E-state index contributed by atoms with van der Waals surface area (Å²) in [6, 6.07) is 11.4. The van der Waals surface area contributed by atoms with Crippen LogP contribution >= 0.6 is 0 Å². The first-order chi connectivity index (χ1) is 9.65. The summed E-state index contributed by atoms with van der Waals surface area (Å²) in [7, 11) is 0. The number of aliphatic hydroxyl groups is 1. The molecule has 1 fully saturated rings. The zero-order valence-corrected chi connectivity index (χ0v) is 11.5. The zero-order chi connectivity index (χ0) is 14.1. The van der Waals surface area contributed by atoms with Crippen LogP contribution in [-0.4, -0.2) is 40.1 Å². The van der Waals surface area contributed by atoms with Crippen molar-refractivity contribution < 1.29 is 9.90 Å². The van der Waals surface area contributed by atoms with Gasteiger partial charge in [-0.3, -0.25) is 4.79 Å². The lowest BCUT2D eigenvalue weighted by Gasteiger charge is -2.34. The third-order valence-electron chi connectivity index (χ3n) is 4.02. The zero-order valence-electron chi connectivity index (χ0n) is 11.5. The number of carbonyl (C=O) groups excluding carboxylic acids is 1. The summed E-state index contributed by atoms with van der Waals surface area (Å²) < 4.78 is 0. The molecule has 2 aromatic rings. The molecule has 0 radical (unpaired) electrons. The van der Waals surface area contributed by atoms with Crippen molar-refractivity contribution in [1.82, 2.24) is 9.88 Å². The lowest BCUT2D eigenvalue weighted by Crippen LogP contribution is -2.46. The minimum Gasteiger partial charge on any atom is -0.391 e. The van der Waals surface area contributed by atoms with Crippen LogP contribution in [0.1, 0.15) is 23.8 Å². The number of β-amino-alcohol motifs (C(OH)–C–C–N with tert-alkyl or cyclic N) is 1. The number of hydrogen-bond acceptors (Lipinski definition) is 3. The van der Waals surface area contributed by atoms with Crippen LogP contribution < -0.4 is 0 Å². The molecule has 104 valence electrons. The van der Waals surface area contributed by atoms with Crippen molar-refractivity contribution in [3.05, 3.63) is 42.1 Å². The highest BCUT2D eigenvalue weighted by Crippen LogP contribution is 2.19. The molecule has 1 aliphatic rings. The number of aromatic nitrogens is 1. The first-order valence-electron chi connectivity index (χ1n) is 6.98. The smallest absolute Gasteiger partial charge is 0.272 e. The number of benzene rings is 1. The Morgan fingerprint density at radius 1 is 1.30 bits per heavy atom. The predicted molar refractivity (Wildman–Crippen MR) is 77.4 cm³/mol. The van der Waals surface area contributed by atoms with E-state index in [-0.39, 0.29) is 11.8 Å². The maximum atomic E-state index is 12.4. The van der Waals surface area contributed by atoms with E-state index in [1.807, 2.05) is 37.3 Å². The van der Waals surface area contributed by atoms with Gasteiger partial charge in [0.2, 0.25) is 0 Å². The molecule has 2 unspecified atom stereocenters. The number of carbonyl (C=O) groups is 1. The lowest BCUT2D eigenvalue weighted by molar-refractivity contribution is 0.0245. The number of rotatable bonds is 1. The van der Waals surface area contributed by atoms with Gasteiger partial charge in [0.1, 0.15) is 5.69 Å². The Morgan fingerprint density at radius 3 is 2.90 bits per heavy atom. The first-order valence-corrected chi connectivity index (χ1v) is 6.98. The molecule has 2 atom stereocenters. The van der Waals surface area contributed by atoms with Crippen molar-refractivity contribution in [3.8, 4) is 0 Å². The van der Waals surface area contributed by atoms with Gasteiger partial charge in [-0.25, -0.2) is 4.98 Å². The van der Waals surface area contributed by atoms with Gasteiger partial charge in [0.25, 0.3) is 5.91 Å². The minimum absolute atomic E-state index is 0.0956. The summed E-state index contributed by atoms with van der Waals surface area (Å²) in [6.45, 7) is 3.10. The predicted octanol–water partition coefficient (Wildman–Crippen LogP) is 2.08. The quantitative estimate of drug-likeness (QED) is 0.863. The SMILES string of the molecule is CC1CCN(C(=O)c2ccc3ccccc3n2)CC1O. The molecule has 4 heteroatoms. The summed E-state index contributed by atoms with van der Waals surface area (Å²) in [5, 5.41) is 10.9. The van der Waals surface area contributed by atoms with Crippen molar-refractivity contribution in [2.45, 2.75) is 19.4 Å². The van der Waals surface area contributed by atoms with Gasteiger partial charge in [0, 0.05) is 18.5 Å². The molecule has 1 saturated heterocycles. The minimum atomic E-state index is -0.437. The molecular formula is C16H18N2O2. The molecule has 0 aliphatic carbocycles. The standard InChI is InChI=1S/C16H18N2O2/c1-11-8-9-18(10-15(11)19)16(20)14-7-6-12-4-2-3-5-13(12)17-14/h2-7,11,15,19H,8-10H2,1H3. The summed E-state index contributed by atoms with van der Waals surface area (Å²) >= 11 is 0. The number of hydrogen-bond donors (Lipinski definition) is 1. The number of piperidine rings is 1. The fourth-order valence-corrected chi connectivity index (χ4v) is 2.58. The molecule has 1 N–H and O–H groups in total. The summed E-state index contributed by atoms with van der Waals surface area (Å²) in [5.41, 5.74) is 1.27. The monoisotopic (exact) mass is 270 g/mol. The number of pyridine rings is 1. The van der Waals surface area contributed by atoms with Gasteiger partial charge in [-0.1, -0.05) is 31.2 Å². The first kappa shape index (κ1) is 13.1. The van der Waals surface area contributed by atoms with Crippen LogP contribution in [0.4, 0.5) is 0 Å². The summed E-state index contributed by atoms with van der Waals surface area (Å²) in [4.78, 5) is 18.6. The maximum Gasteiger partial charge on any atom is 0.272 e. The Balaban J connectivity index is 1.85. The molecule has 0 bridgehead atoms. The second-order valence-corrected chi connectivity index (χ2v) is 5.47. The molecule has 4 nitrogen and oxygen atoms in total. The van der Waals surface area contributed by atoms with Gasteiger partial charge in [-0.05, 0) is 24.5 Å². The Bertz CT molecular complexity index is 641. The van der Waals surface area contributed by atoms with Gasteiger partial charge < -0.3 is 10.0 Å². The number of fused-ring (bicyclic) bond motifs is 1. The number of para-hydroxylation sites is 1. The van der Waals surface area contributed by atoms with Crippen LogP contribution in [0.5, 0.6) is 0 Å². The fraction of sp³-hybridized carbons (Fsp3) is 0.375. The molecule has 1 aliphatic heterocycles. The molecule has 1 aromatic carbocycles. The molecule has 0 saturated carbocycles. The normalized spacial score (nSPS) is 23.0. The number of nitrogens with zero attached hydrogens (tertiary/aromatic N) is 2. The van der Waals surface area contributed by atoms with E-state index in [4.69, 9.17) is 0 Å². The Labute approximate surface area is 118 Å². The van der Waals surface area contributed by atoms with E-state index < -0.39 is 6.10 Å². The van der Waals surface area contributed by atoms with E-state index in [2.05, 4.69) is 4.98 Å². The van der Waals surface area contributed by atoms with Crippen LogP contribution in [0, 0.1) is 5.92 Å². The molecular weight excluding hydrogens is 252 g/mol. The average Bonchev–Trinajstić information content (AvgIpc) is 2.49. The number of amides is 1. The van der Waals surface area contributed by atoms with Crippen molar-refractivity contribution in [3.63, 3.8) is 0 Å². The lowest BCUT2D eigenvalue weighted by atomic mass is 9.96. The highest BCUT2D eigenvalue weighted by molar-refractivity contribution is 5.95. The summed E-state index contributed by atoms with van der Waals surface area (Å²) in [5.74, 6) is 0.158. The molecule has 20 heavy (non-hydrogen) atoms. The Kier molecular flexibility index (Phi) is 3.40. The number of aliphatic hydroxyl groups excluding tert-OH is 1. The fourth-order valence-electron chi connectivity index (χ4n) is 2.58. The van der Waals surface area contributed by atoms with E-state index >= 15 is 0 Å². The van der Waals surface area contributed by atoms with Crippen molar-refractivity contribution in [2.75, 3.05) is 13.1 Å². The van der Waals surface area contributed by atoms with Gasteiger partial charge in [-0.2, -0.15) is 0 Å². The topological polar surface area (TPSA) is 53.4 Å². The molecule has 0 spiro atoms. The van der Waals surface area contributed by atoms with E-state index in [1.165, 1.54) is 0 Å². The van der Waals surface area contributed by atoms with Gasteiger partial charge >= 0.3 is 0 Å². The molecule has 2 heterocycles. The molecule has 1 amide bonds. The third-order valence-corrected chi connectivity index (χ3v) is 4.02. The van der Waals surface area contributed by atoms with E-state index in [9.17, 15) is 9.90 Å². The third kappa shape index (κ3) is 2.39. The summed E-state index contributed by atoms with van der Waals surface area (Å²) in [6.07, 6.45) is 0.397. The number of likely N-dealkylation sites (tertiary alicyclic amines) is 1. The van der Waals surface area contributed by atoms with Crippen LogP contribution in [0.25, 0.3) is 10.9 Å². The van der Waals surface area contributed by atoms with Crippen LogP contribution in [0.3, 0.4) is 0 Å². The van der Waals surface area contributed by atoms with Crippen molar-refractivity contribution in [1.29, 1.82) is 0 Å². The average molecular weight is 270 g/mol. The molecule has 1 aromatic heterocycles. The second-order valence-electron chi connectivity index (χ2n) is 5.47. The van der Waals surface area contributed by atoms with Crippen LogP contribution in [0.2, 0.25) is 0 Å². The largest absolute Gasteiger partial charge is 0.391 e. The van der Waals surface area contributed by atoms with Gasteiger partial charge in [0.15, 0.2) is 0 Å². The Morgan fingerprint density at radius 2 is 2.10 bits per heavy atom. The van der Waals surface area contributed by atoms with Crippen LogP contribution in [-0.2, 0) is 0 Å². The van der Waals surface area contributed by atoms with Gasteiger partial charge in [0.05, 0.1) is 11.6 Å². The second kappa shape index (κ2) is 5.21.